The lowest BCUT2D eigenvalue weighted by Crippen LogP contribution is -2.00. The minimum absolute atomic E-state index is 0.173. The highest BCUT2D eigenvalue weighted by Gasteiger charge is 2.20. The van der Waals surface area contributed by atoms with Gasteiger partial charge in [0, 0.05) is 17.8 Å². The quantitative estimate of drug-likeness (QED) is 0.845. The zero-order valence-corrected chi connectivity index (χ0v) is 9.98. The number of hydrogen-bond donors (Lipinski definition) is 2. The molecule has 0 saturated carbocycles. The number of aromatic amines is 1. The second-order valence-corrected chi connectivity index (χ2v) is 3.83. The average molecular weight is 234 g/mol. The van der Waals surface area contributed by atoms with E-state index in [-0.39, 0.29) is 5.56 Å². The van der Waals surface area contributed by atoms with Gasteiger partial charge in [0.1, 0.15) is 5.56 Å². The Morgan fingerprint density at radius 2 is 2.24 bits per heavy atom. The Kier molecular flexibility index (Phi) is 2.71. The van der Waals surface area contributed by atoms with Gasteiger partial charge in [-0.25, -0.2) is 4.79 Å². The summed E-state index contributed by atoms with van der Waals surface area (Å²) < 4.78 is 1.84. The van der Waals surface area contributed by atoms with Crippen LogP contribution in [0.25, 0.3) is 11.3 Å². The van der Waals surface area contributed by atoms with Crippen LogP contribution in [-0.2, 0) is 6.54 Å². The van der Waals surface area contributed by atoms with Crippen molar-refractivity contribution in [2.24, 2.45) is 0 Å². The third kappa shape index (κ3) is 1.71. The Morgan fingerprint density at radius 3 is 2.76 bits per heavy atom. The highest BCUT2D eigenvalue weighted by molar-refractivity contribution is 5.95. The average Bonchev–Trinajstić information content (AvgIpc) is 2.83. The molecule has 0 aliphatic heterocycles. The zero-order valence-electron chi connectivity index (χ0n) is 9.98. The number of carbonyl (C=O) groups is 1. The zero-order chi connectivity index (χ0) is 12.6. The molecule has 0 spiro atoms. The predicted octanol–water partition coefficient (Wildman–Crippen LogP) is 1.61. The minimum atomic E-state index is -0.989. The Labute approximate surface area is 98.3 Å². The molecule has 0 aliphatic rings. The Bertz CT molecular complexity index is 568. The van der Waals surface area contributed by atoms with Gasteiger partial charge in [-0.1, -0.05) is 0 Å². The molecule has 0 amide bonds. The fraction of sp³-hybridized carbons (Fsp3) is 0.364. The van der Waals surface area contributed by atoms with E-state index in [1.807, 2.05) is 25.5 Å². The molecule has 2 heterocycles. The van der Waals surface area contributed by atoms with E-state index in [2.05, 4.69) is 15.3 Å². The van der Waals surface area contributed by atoms with Crippen molar-refractivity contribution in [3.8, 4) is 11.3 Å². The number of H-pyrrole nitrogens is 1. The topological polar surface area (TPSA) is 83.8 Å². The highest BCUT2D eigenvalue weighted by Crippen LogP contribution is 2.27. The van der Waals surface area contributed by atoms with Gasteiger partial charge in [-0.2, -0.15) is 10.2 Å². The molecular formula is C11H14N4O2. The molecule has 0 aliphatic carbocycles. The van der Waals surface area contributed by atoms with Crippen LogP contribution < -0.4 is 0 Å². The number of aryl methyl sites for hydroxylation is 2. The summed E-state index contributed by atoms with van der Waals surface area (Å²) in [5, 5.41) is 20.0. The second kappa shape index (κ2) is 4.04. The first-order valence-corrected chi connectivity index (χ1v) is 5.37. The van der Waals surface area contributed by atoms with Gasteiger partial charge in [-0.15, -0.1) is 0 Å². The van der Waals surface area contributed by atoms with Crippen molar-refractivity contribution in [2.45, 2.75) is 27.3 Å². The van der Waals surface area contributed by atoms with E-state index in [1.54, 1.807) is 0 Å². The summed E-state index contributed by atoms with van der Waals surface area (Å²) >= 11 is 0. The number of carboxylic acids is 1. The van der Waals surface area contributed by atoms with E-state index in [0.29, 0.717) is 5.69 Å². The smallest absolute Gasteiger partial charge is 0.339 e. The van der Waals surface area contributed by atoms with Crippen LogP contribution in [0, 0.1) is 13.8 Å². The predicted molar refractivity (Wildman–Crippen MR) is 61.9 cm³/mol. The van der Waals surface area contributed by atoms with Crippen LogP contribution >= 0.6 is 0 Å². The fourth-order valence-electron chi connectivity index (χ4n) is 2.01. The first-order chi connectivity index (χ1) is 8.06. The van der Waals surface area contributed by atoms with E-state index in [4.69, 9.17) is 5.11 Å². The molecule has 2 aromatic rings. The van der Waals surface area contributed by atoms with Gasteiger partial charge in [-0.3, -0.25) is 9.78 Å². The Balaban J connectivity index is 2.64. The fourth-order valence-corrected chi connectivity index (χ4v) is 2.01. The molecule has 2 rings (SSSR count). The first kappa shape index (κ1) is 11.4. The number of aromatic nitrogens is 4. The van der Waals surface area contributed by atoms with Crippen molar-refractivity contribution in [2.75, 3.05) is 0 Å². The molecule has 17 heavy (non-hydrogen) atoms. The van der Waals surface area contributed by atoms with Gasteiger partial charge in [0.05, 0.1) is 17.6 Å². The van der Waals surface area contributed by atoms with E-state index >= 15 is 0 Å². The van der Waals surface area contributed by atoms with Crippen molar-refractivity contribution in [1.29, 1.82) is 0 Å². The summed E-state index contributed by atoms with van der Waals surface area (Å²) in [5.41, 5.74) is 3.26. The monoisotopic (exact) mass is 234 g/mol. The molecular weight excluding hydrogens is 220 g/mol. The van der Waals surface area contributed by atoms with Crippen LogP contribution in [0.2, 0.25) is 0 Å². The van der Waals surface area contributed by atoms with Crippen molar-refractivity contribution in [3.63, 3.8) is 0 Å². The molecule has 0 fully saturated rings. The number of carboxylic acid groups (broad SMARTS) is 1. The number of nitrogens with one attached hydrogen (secondary N) is 1. The molecule has 0 bridgehead atoms. The van der Waals surface area contributed by atoms with Gasteiger partial charge in [0.25, 0.3) is 0 Å². The van der Waals surface area contributed by atoms with Crippen molar-refractivity contribution in [3.05, 3.63) is 23.1 Å². The second-order valence-electron chi connectivity index (χ2n) is 3.83. The lowest BCUT2D eigenvalue weighted by molar-refractivity contribution is 0.0698. The van der Waals surface area contributed by atoms with Crippen LogP contribution in [0.1, 0.15) is 28.7 Å². The molecule has 90 valence electrons. The largest absolute Gasteiger partial charge is 0.478 e. The molecule has 2 aromatic heterocycles. The highest BCUT2D eigenvalue weighted by atomic mass is 16.4. The lowest BCUT2D eigenvalue weighted by atomic mass is 10.1. The Morgan fingerprint density at radius 1 is 1.53 bits per heavy atom. The van der Waals surface area contributed by atoms with Crippen LogP contribution in [0.15, 0.2) is 6.20 Å². The summed E-state index contributed by atoms with van der Waals surface area (Å²) in [6.07, 6.45) is 1.32. The summed E-state index contributed by atoms with van der Waals surface area (Å²) in [6.45, 7) is 6.53. The third-order valence-corrected chi connectivity index (χ3v) is 2.80. The van der Waals surface area contributed by atoms with E-state index in [0.717, 1.165) is 23.5 Å². The van der Waals surface area contributed by atoms with Crippen LogP contribution in [-0.4, -0.2) is 31.1 Å². The normalized spacial score (nSPS) is 10.8. The van der Waals surface area contributed by atoms with Crippen molar-refractivity contribution >= 4 is 5.97 Å². The molecule has 2 N–H and O–H groups in total. The molecule has 0 aromatic carbocycles. The summed E-state index contributed by atoms with van der Waals surface area (Å²) in [4.78, 5) is 11.1. The van der Waals surface area contributed by atoms with E-state index in [9.17, 15) is 4.79 Å². The van der Waals surface area contributed by atoms with Crippen LogP contribution in [0.5, 0.6) is 0 Å². The summed E-state index contributed by atoms with van der Waals surface area (Å²) in [7, 11) is 0. The van der Waals surface area contributed by atoms with Gasteiger partial charge in [0.2, 0.25) is 0 Å². The number of rotatable bonds is 3. The molecule has 0 radical (unpaired) electrons. The van der Waals surface area contributed by atoms with Crippen LogP contribution in [0.3, 0.4) is 0 Å². The summed E-state index contributed by atoms with van der Waals surface area (Å²) in [6, 6.07) is 0. The maximum absolute atomic E-state index is 11.1. The van der Waals surface area contributed by atoms with E-state index in [1.165, 1.54) is 6.20 Å². The van der Waals surface area contributed by atoms with Crippen molar-refractivity contribution in [1.82, 2.24) is 20.0 Å². The van der Waals surface area contributed by atoms with Gasteiger partial charge >= 0.3 is 5.97 Å². The van der Waals surface area contributed by atoms with Gasteiger partial charge in [-0.05, 0) is 20.8 Å². The maximum Gasteiger partial charge on any atom is 0.339 e. The molecule has 0 atom stereocenters. The SMILES string of the molecule is CCn1nc(C)c(-c2[nH]ncc2C(=O)O)c1C. The molecule has 6 heteroatoms. The van der Waals surface area contributed by atoms with Gasteiger partial charge < -0.3 is 5.11 Å². The van der Waals surface area contributed by atoms with Gasteiger partial charge in [0.15, 0.2) is 0 Å². The molecule has 6 nitrogen and oxygen atoms in total. The third-order valence-electron chi connectivity index (χ3n) is 2.80. The summed E-state index contributed by atoms with van der Waals surface area (Å²) in [5.74, 6) is -0.989. The Hall–Kier alpha value is -2.11. The van der Waals surface area contributed by atoms with Crippen molar-refractivity contribution < 1.29 is 9.90 Å². The first-order valence-electron chi connectivity index (χ1n) is 5.37. The maximum atomic E-state index is 11.1. The molecule has 0 unspecified atom stereocenters. The lowest BCUT2D eigenvalue weighted by Gasteiger charge is -2.01. The number of hydrogen-bond acceptors (Lipinski definition) is 3. The molecule has 0 saturated heterocycles. The van der Waals surface area contributed by atoms with E-state index < -0.39 is 5.97 Å². The number of nitrogens with zero attached hydrogens (tertiary/aromatic N) is 3. The standard InChI is InChI=1S/C11H14N4O2/c1-4-15-7(3)9(6(2)14-15)10-8(11(16)17)5-12-13-10/h5H,4H2,1-3H3,(H,12,13)(H,16,17). The minimum Gasteiger partial charge on any atom is -0.478 e. The van der Waals surface area contributed by atoms with Crippen LogP contribution in [0.4, 0.5) is 0 Å². The number of aromatic carboxylic acids is 1.